The molecule has 0 unspecified atom stereocenters. The Balaban J connectivity index is 1.02. The number of aromatic nitrogens is 2. The fourth-order valence-corrected chi connectivity index (χ4v) is 9.04. The van der Waals surface area contributed by atoms with Crippen molar-refractivity contribution in [2.24, 2.45) is 0 Å². The van der Waals surface area contributed by atoms with E-state index in [1.54, 1.807) is 0 Å². The van der Waals surface area contributed by atoms with E-state index in [1.807, 2.05) is 6.07 Å². The molecule has 56 heavy (non-hydrogen) atoms. The lowest BCUT2D eigenvalue weighted by molar-refractivity contribution is 0.436. The third kappa shape index (κ3) is 5.12. The van der Waals surface area contributed by atoms with Gasteiger partial charge in [-0.25, -0.2) is 9.97 Å². The molecule has 3 nitrogen and oxygen atoms in total. The molecule has 0 atom stereocenters. The largest absolute Gasteiger partial charge is 0.457 e. The Morgan fingerprint density at radius 3 is 1.70 bits per heavy atom. The van der Waals surface area contributed by atoms with Gasteiger partial charge in [0, 0.05) is 22.3 Å². The minimum atomic E-state index is -0.504. The highest BCUT2D eigenvalue weighted by Gasteiger charge is 2.51. The number of benzene rings is 7. The maximum absolute atomic E-state index is 6.70. The number of hydrogen-bond acceptors (Lipinski definition) is 3. The predicted molar refractivity (Wildman–Crippen MR) is 228 cm³/mol. The van der Waals surface area contributed by atoms with E-state index in [9.17, 15) is 0 Å². The molecular weight excluding hydrogens is 681 g/mol. The first-order valence-corrected chi connectivity index (χ1v) is 19.4. The summed E-state index contributed by atoms with van der Waals surface area (Å²) >= 11 is 0. The summed E-state index contributed by atoms with van der Waals surface area (Å²) in [6, 6.07) is 63.0. The summed E-state index contributed by atoms with van der Waals surface area (Å²) in [5.74, 6) is 2.51. The molecule has 0 fully saturated rings. The maximum atomic E-state index is 6.70. The van der Waals surface area contributed by atoms with Gasteiger partial charge in [-0.3, -0.25) is 0 Å². The first-order valence-electron chi connectivity index (χ1n) is 19.4. The van der Waals surface area contributed by atoms with Crippen LogP contribution in [0.4, 0.5) is 0 Å². The fraction of sp³-hybridized carbons (Fsp3) is 0.0566. The number of ether oxygens (including phenoxy) is 1. The average Bonchev–Trinajstić information content (AvgIpc) is 3.57. The van der Waals surface area contributed by atoms with Gasteiger partial charge in [0.15, 0.2) is 5.82 Å². The Morgan fingerprint density at radius 2 is 0.982 bits per heavy atom. The molecule has 1 aliphatic heterocycles. The van der Waals surface area contributed by atoms with E-state index >= 15 is 0 Å². The second kappa shape index (κ2) is 13.0. The number of rotatable bonds is 5. The van der Waals surface area contributed by atoms with Crippen molar-refractivity contribution in [2.45, 2.75) is 18.3 Å². The predicted octanol–water partition coefficient (Wildman–Crippen LogP) is 13.3. The van der Waals surface area contributed by atoms with Gasteiger partial charge in [-0.15, -0.1) is 0 Å². The van der Waals surface area contributed by atoms with Crippen LogP contribution in [-0.4, -0.2) is 9.97 Å². The van der Waals surface area contributed by atoms with E-state index in [0.717, 1.165) is 86.1 Å². The van der Waals surface area contributed by atoms with E-state index < -0.39 is 5.41 Å². The third-order valence-electron chi connectivity index (χ3n) is 11.6. The summed E-state index contributed by atoms with van der Waals surface area (Å²) in [5, 5.41) is 0. The molecule has 3 aliphatic rings. The van der Waals surface area contributed by atoms with Crippen LogP contribution in [0.2, 0.25) is 0 Å². The molecule has 0 radical (unpaired) electrons. The maximum Gasteiger partial charge on any atom is 0.160 e. The Hall–Kier alpha value is -7.10. The van der Waals surface area contributed by atoms with Crippen LogP contribution >= 0.6 is 0 Å². The van der Waals surface area contributed by atoms with Crippen molar-refractivity contribution in [3.8, 4) is 67.5 Å². The lowest BCUT2D eigenvalue weighted by Crippen LogP contribution is -2.32. The summed E-state index contributed by atoms with van der Waals surface area (Å²) in [6.07, 6.45) is 8.77. The molecule has 11 rings (SSSR count). The zero-order valence-electron chi connectivity index (χ0n) is 30.7. The topological polar surface area (TPSA) is 35.0 Å². The molecule has 0 N–H and O–H groups in total. The van der Waals surface area contributed by atoms with Gasteiger partial charge in [0.05, 0.1) is 16.8 Å². The molecule has 8 aromatic rings. The molecule has 7 aromatic carbocycles. The van der Waals surface area contributed by atoms with Crippen molar-refractivity contribution in [3.63, 3.8) is 0 Å². The first-order chi connectivity index (χ1) is 27.7. The van der Waals surface area contributed by atoms with Crippen LogP contribution in [0, 0.1) is 0 Å². The van der Waals surface area contributed by atoms with Crippen molar-refractivity contribution < 1.29 is 4.74 Å². The van der Waals surface area contributed by atoms with E-state index in [0.29, 0.717) is 0 Å². The molecule has 264 valence electrons. The van der Waals surface area contributed by atoms with Crippen LogP contribution in [0.5, 0.6) is 11.5 Å². The van der Waals surface area contributed by atoms with Gasteiger partial charge in [-0.05, 0) is 99.3 Å². The molecule has 1 spiro atoms. The van der Waals surface area contributed by atoms with Gasteiger partial charge in [-0.2, -0.15) is 0 Å². The Kier molecular flexibility index (Phi) is 7.53. The van der Waals surface area contributed by atoms with Crippen molar-refractivity contribution >= 4 is 5.57 Å². The highest BCUT2D eigenvalue weighted by atomic mass is 16.5. The summed E-state index contributed by atoms with van der Waals surface area (Å²) in [4.78, 5) is 10.3. The zero-order chi connectivity index (χ0) is 37.1. The van der Waals surface area contributed by atoms with Crippen molar-refractivity contribution in [1.82, 2.24) is 9.97 Å². The molecule has 0 saturated heterocycles. The minimum absolute atomic E-state index is 0.504. The van der Waals surface area contributed by atoms with Crippen LogP contribution in [0.3, 0.4) is 0 Å². The van der Waals surface area contributed by atoms with Crippen LogP contribution in [0.15, 0.2) is 194 Å². The second-order valence-electron chi connectivity index (χ2n) is 14.8. The van der Waals surface area contributed by atoms with E-state index in [1.165, 1.54) is 27.8 Å². The molecule has 0 amide bonds. The van der Waals surface area contributed by atoms with Crippen LogP contribution in [0.1, 0.15) is 40.8 Å². The number of para-hydroxylation sites is 1. The summed E-state index contributed by atoms with van der Waals surface area (Å²) in [6.45, 7) is 0. The quantitative estimate of drug-likeness (QED) is 0.178. The van der Waals surface area contributed by atoms with Crippen molar-refractivity contribution in [3.05, 3.63) is 222 Å². The second-order valence-corrected chi connectivity index (χ2v) is 14.8. The summed E-state index contributed by atoms with van der Waals surface area (Å²) < 4.78 is 6.70. The van der Waals surface area contributed by atoms with Gasteiger partial charge in [-0.1, -0.05) is 158 Å². The molecular formula is C53H36N2O. The summed E-state index contributed by atoms with van der Waals surface area (Å²) in [7, 11) is 0. The SMILES string of the molecule is C1=CC(c2cc(-c3ccccc3)nc(-c3cccc(-c4cccc(-c5ccc6c(c5)C5(c7ccccc7O6)c6ccccc6-c6ccccc65)c4)c3)n2)=CCC1. The van der Waals surface area contributed by atoms with E-state index in [2.05, 4.69) is 188 Å². The third-order valence-corrected chi connectivity index (χ3v) is 11.6. The first kappa shape index (κ1) is 32.3. The smallest absolute Gasteiger partial charge is 0.160 e. The fourth-order valence-electron chi connectivity index (χ4n) is 9.04. The number of fused-ring (bicyclic) bond motifs is 9. The number of allylic oxidation sites excluding steroid dienone is 4. The van der Waals surface area contributed by atoms with Crippen LogP contribution in [-0.2, 0) is 5.41 Å². The Morgan fingerprint density at radius 1 is 0.411 bits per heavy atom. The Bertz CT molecular complexity index is 2860. The molecule has 3 heteroatoms. The van der Waals surface area contributed by atoms with E-state index in [-0.39, 0.29) is 0 Å². The highest BCUT2D eigenvalue weighted by molar-refractivity contribution is 5.89. The molecule has 1 aromatic heterocycles. The van der Waals surface area contributed by atoms with Gasteiger partial charge >= 0.3 is 0 Å². The van der Waals surface area contributed by atoms with Gasteiger partial charge in [0.1, 0.15) is 11.5 Å². The van der Waals surface area contributed by atoms with Crippen molar-refractivity contribution in [1.29, 1.82) is 0 Å². The Labute approximate surface area is 327 Å². The van der Waals surface area contributed by atoms with Gasteiger partial charge in [0.25, 0.3) is 0 Å². The van der Waals surface area contributed by atoms with E-state index in [4.69, 9.17) is 14.7 Å². The molecule has 0 saturated carbocycles. The summed E-state index contributed by atoms with van der Waals surface area (Å²) in [5.41, 5.74) is 16.6. The van der Waals surface area contributed by atoms with Gasteiger partial charge in [0.2, 0.25) is 0 Å². The molecule has 2 heterocycles. The van der Waals surface area contributed by atoms with Crippen LogP contribution < -0.4 is 4.74 Å². The van der Waals surface area contributed by atoms with Crippen molar-refractivity contribution in [2.75, 3.05) is 0 Å². The highest BCUT2D eigenvalue weighted by Crippen LogP contribution is 2.62. The molecule has 0 bridgehead atoms. The lowest BCUT2D eigenvalue weighted by Gasteiger charge is -2.39. The zero-order valence-corrected chi connectivity index (χ0v) is 30.7. The van der Waals surface area contributed by atoms with Gasteiger partial charge < -0.3 is 4.74 Å². The number of hydrogen-bond donors (Lipinski definition) is 0. The monoisotopic (exact) mass is 716 g/mol. The molecule has 2 aliphatic carbocycles. The lowest BCUT2D eigenvalue weighted by atomic mass is 9.66. The standard InChI is InChI=1S/C53H36N2O/c1-3-15-35(16-4-1)48-34-49(36-17-5-2-6-18-36)55-52(54-48)41-22-14-21-39(32-41)37-19-13-20-38(31-37)40-29-30-51-47(33-40)53(46-27-11-12-28-50(46)56-51)44-25-9-7-23-42(44)43-24-8-10-26-45(43)53/h1,3-5,7-34H,2,6H2. The van der Waals surface area contributed by atoms with Crippen LogP contribution in [0.25, 0.3) is 61.6 Å². The average molecular weight is 717 g/mol. The number of nitrogens with zero attached hydrogens (tertiary/aromatic N) is 2. The minimum Gasteiger partial charge on any atom is -0.457 e. The normalized spacial score (nSPS) is 14.2.